The Hall–Kier alpha value is -2.45. The third-order valence-electron chi connectivity index (χ3n) is 4.02. The Morgan fingerprint density at radius 3 is 2.52 bits per heavy atom. The summed E-state index contributed by atoms with van der Waals surface area (Å²) >= 11 is 6.49. The van der Waals surface area contributed by atoms with Crippen LogP contribution >= 0.6 is 11.6 Å². The highest BCUT2D eigenvalue weighted by atomic mass is 35.5. The van der Waals surface area contributed by atoms with Crippen LogP contribution in [0.1, 0.15) is 11.1 Å². The van der Waals surface area contributed by atoms with E-state index in [1.165, 1.54) is 5.56 Å². The molecule has 1 heterocycles. The van der Waals surface area contributed by atoms with Crippen molar-refractivity contribution >= 4 is 11.6 Å². The monoisotopic (exact) mass is 322 g/mol. The number of benzene rings is 3. The van der Waals surface area contributed by atoms with Crippen molar-refractivity contribution in [2.45, 2.75) is 6.42 Å². The van der Waals surface area contributed by atoms with Gasteiger partial charge in [0.2, 0.25) is 6.79 Å². The molecule has 0 bridgehead atoms. The average Bonchev–Trinajstić information content (AvgIpc) is 3.05. The first-order chi connectivity index (χ1) is 11.3. The van der Waals surface area contributed by atoms with Crippen LogP contribution in [-0.4, -0.2) is 6.79 Å². The molecule has 0 unspecified atom stereocenters. The Labute approximate surface area is 140 Å². The summed E-state index contributed by atoms with van der Waals surface area (Å²) in [5.74, 6) is 1.60. The number of ether oxygens (including phenoxy) is 2. The van der Waals surface area contributed by atoms with Gasteiger partial charge in [0.1, 0.15) is 0 Å². The third kappa shape index (κ3) is 2.78. The lowest BCUT2D eigenvalue weighted by Gasteiger charge is -2.12. The molecular weight excluding hydrogens is 308 g/mol. The van der Waals surface area contributed by atoms with Gasteiger partial charge in [-0.25, -0.2) is 0 Å². The minimum Gasteiger partial charge on any atom is -0.454 e. The van der Waals surface area contributed by atoms with Gasteiger partial charge in [0.25, 0.3) is 0 Å². The Morgan fingerprint density at radius 2 is 1.65 bits per heavy atom. The fourth-order valence-electron chi connectivity index (χ4n) is 2.88. The van der Waals surface area contributed by atoms with Crippen LogP contribution in [-0.2, 0) is 6.42 Å². The number of fused-ring (bicyclic) bond motifs is 1. The van der Waals surface area contributed by atoms with Crippen molar-refractivity contribution < 1.29 is 9.47 Å². The predicted molar refractivity (Wildman–Crippen MR) is 92.3 cm³/mol. The molecule has 1 aliphatic heterocycles. The third-order valence-corrected chi connectivity index (χ3v) is 4.38. The van der Waals surface area contributed by atoms with E-state index in [0.717, 1.165) is 39.6 Å². The van der Waals surface area contributed by atoms with Crippen molar-refractivity contribution in [2.75, 3.05) is 6.79 Å². The maximum Gasteiger partial charge on any atom is 0.231 e. The first-order valence-electron chi connectivity index (χ1n) is 7.52. The molecule has 0 spiro atoms. The molecule has 2 nitrogen and oxygen atoms in total. The average molecular weight is 323 g/mol. The van der Waals surface area contributed by atoms with Crippen LogP contribution in [0, 0.1) is 0 Å². The van der Waals surface area contributed by atoms with Crippen molar-refractivity contribution in [3.05, 3.63) is 82.9 Å². The fourth-order valence-corrected chi connectivity index (χ4v) is 3.12. The molecule has 23 heavy (non-hydrogen) atoms. The SMILES string of the molecule is Clc1cccc(-c2ccccc2)c1Cc1ccc2c(c1)OCO2. The topological polar surface area (TPSA) is 18.5 Å². The second kappa shape index (κ2) is 5.98. The highest BCUT2D eigenvalue weighted by Crippen LogP contribution is 2.35. The predicted octanol–water partition coefficient (Wildman–Crippen LogP) is 5.33. The van der Waals surface area contributed by atoms with Gasteiger partial charge in [-0.1, -0.05) is 60.1 Å². The zero-order valence-electron chi connectivity index (χ0n) is 12.5. The number of hydrogen-bond donors (Lipinski definition) is 0. The number of rotatable bonds is 3. The van der Waals surface area contributed by atoms with Crippen LogP contribution in [0.4, 0.5) is 0 Å². The largest absolute Gasteiger partial charge is 0.454 e. The Kier molecular flexibility index (Phi) is 3.68. The minimum absolute atomic E-state index is 0.292. The lowest BCUT2D eigenvalue weighted by atomic mass is 9.95. The fraction of sp³-hybridized carbons (Fsp3) is 0.100. The molecule has 0 aliphatic carbocycles. The van der Waals surface area contributed by atoms with Gasteiger partial charge in [0, 0.05) is 5.02 Å². The number of halogens is 1. The lowest BCUT2D eigenvalue weighted by Crippen LogP contribution is -1.94. The van der Waals surface area contributed by atoms with Gasteiger partial charge in [0.15, 0.2) is 11.5 Å². The van der Waals surface area contributed by atoms with Crippen LogP contribution < -0.4 is 9.47 Å². The molecule has 114 valence electrons. The molecule has 0 aromatic heterocycles. The molecular formula is C20H15ClO2. The summed E-state index contributed by atoms with van der Waals surface area (Å²) in [5, 5.41) is 0.781. The molecule has 0 N–H and O–H groups in total. The Morgan fingerprint density at radius 1 is 0.826 bits per heavy atom. The van der Waals surface area contributed by atoms with E-state index in [9.17, 15) is 0 Å². The van der Waals surface area contributed by atoms with Crippen LogP contribution in [0.5, 0.6) is 11.5 Å². The van der Waals surface area contributed by atoms with E-state index in [2.05, 4.69) is 24.3 Å². The van der Waals surface area contributed by atoms with E-state index in [1.54, 1.807) is 0 Å². The van der Waals surface area contributed by atoms with E-state index >= 15 is 0 Å². The van der Waals surface area contributed by atoms with E-state index in [4.69, 9.17) is 21.1 Å². The van der Waals surface area contributed by atoms with Crippen LogP contribution in [0.2, 0.25) is 5.02 Å². The van der Waals surface area contributed by atoms with Gasteiger partial charge in [-0.15, -0.1) is 0 Å². The van der Waals surface area contributed by atoms with Crippen molar-refractivity contribution in [3.8, 4) is 22.6 Å². The summed E-state index contributed by atoms with van der Waals surface area (Å²) in [6, 6.07) is 22.4. The molecule has 0 saturated carbocycles. The minimum atomic E-state index is 0.292. The second-order valence-corrected chi connectivity index (χ2v) is 5.90. The molecule has 0 radical (unpaired) electrons. The standard InChI is InChI=1S/C20H15ClO2/c21-18-8-4-7-16(15-5-2-1-3-6-15)17(18)11-14-9-10-19-20(12-14)23-13-22-19/h1-10,12H,11,13H2. The van der Waals surface area contributed by atoms with Gasteiger partial charge < -0.3 is 9.47 Å². The van der Waals surface area contributed by atoms with Crippen molar-refractivity contribution in [1.82, 2.24) is 0 Å². The summed E-state index contributed by atoms with van der Waals surface area (Å²) in [7, 11) is 0. The lowest BCUT2D eigenvalue weighted by molar-refractivity contribution is 0.174. The molecule has 0 amide bonds. The smallest absolute Gasteiger partial charge is 0.231 e. The van der Waals surface area contributed by atoms with Crippen molar-refractivity contribution in [2.24, 2.45) is 0 Å². The summed E-state index contributed by atoms with van der Waals surface area (Å²) in [6.07, 6.45) is 0.751. The quantitative estimate of drug-likeness (QED) is 0.649. The Bertz CT molecular complexity index is 844. The highest BCUT2D eigenvalue weighted by molar-refractivity contribution is 6.31. The van der Waals surface area contributed by atoms with Gasteiger partial charge >= 0.3 is 0 Å². The summed E-state index contributed by atoms with van der Waals surface area (Å²) in [4.78, 5) is 0. The van der Waals surface area contributed by atoms with Crippen LogP contribution in [0.15, 0.2) is 66.7 Å². The summed E-state index contributed by atoms with van der Waals surface area (Å²) in [6.45, 7) is 0.292. The number of hydrogen-bond acceptors (Lipinski definition) is 2. The normalized spacial score (nSPS) is 12.4. The summed E-state index contributed by atoms with van der Waals surface area (Å²) < 4.78 is 10.8. The highest BCUT2D eigenvalue weighted by Gasteiger charge is 2.15. The molecule has 1 aliphatic rings. The van der Waals surface area contributed by atoms with Crippen LogP contribution in [0.3, 0.4) is 0 Å². The molecule has 3 aromatic carbocycles. The van der Waals surface area contributed by atoms with E-state index in [0.29, 0.717) is 6.79 Å². The second-order valence-electron chi connectivity index (χ2n) is 5.50. The molecule has 0 saturated heterocycles. The molecule has 3 aromatic rings. The molecule has 3 heteroatoms. The van der Waals surface area contributed by atoms with E-state index in [1.807, 2.05) is 42.5 Å². The van der Waals surface area contributed by atoms with Gasteiger partial charge in [-0.3, -0.25) is 0 Å². The zero-order valence-corrected chi connectivity index (χ0v) is 13.2. The van der Waals surface area contributed by atoms with Gasteiger partial charge in [0.05, 0.1) is 0 Å². The van der Waals surface area contributed by atoms with E-state index < -0.39 is 0 Å². The van der Waals surface area contributed by atoms with Gasteiger partial charge in [-0.05, 0) is 46.9 Å². The summed E-state index contributed by atoms with van der Waals surface area (Å²) in [5.41, 5.74) is 4.61. The van der Waals surface area contributed by atoms with Crippen molar-refractivity contribution in [1.29, 1.82) is 0 Å². The van der Waals surface area contributed by atoms with Crippen LogP contribution in [0.25, 0.3) is 11.1 Å². The first kappa shape index (κ1) is 14.2. The van der Waals surface area contributed by atoms with Crippen molar-refractivity contribution in [3.63, 3.8) is 0 Å². The molecule has 0 fully saturated rings. The maximum absolute atomic E-state index is 6.49. The maximum atomic E-state index is 6.49. The zero-order chi connectivity index (χ0) is 15.6. The molecule has 0 atom stereocenters. The first-order valence-corrected chi connectivity index (χ1v) is 7.90. The van der Waals surface area contributed by atoms with Gasteiger partial charge in [-0.2, -0.15) is 0 Å². The molecule has 4 rings (SSSR count). The van der Waals surface area contributed by atoms with E-state index in [-0.39, 0.29) is 0 Å². The Balaban J connectivity index is 1.74.